The summed E-state index contributed by atoms with van der Waals surface area (Å²) in [6.07, 6.45) is 1.62. The highest BCUT2D eigenvalue weighted by Gasteiger charge is 2.09. The van der Waals surface area contributed by atoms with Crippen LogP contribution in [0.15, 0.2) is 71.8 Å². The van der Waals surface area contributed by atoms with Crippen molar-refractivity contribution in [2.24, 2.45) is 5.10 Å². The number of hydrazone groups is 1. The first-order valence-electron chi connectivity index (χ1n) is 9.04. The van der Waals surface area contributed by atoms with Crippen molar-refractivity contribution < 1.29 is 5.11 Å². The van der Waals surface area contributed by atoms with Crippen LogP contribution in [0.1, 0.15) is 16.8 Å². The number of anilines is 1. The Morgan fingerprint density at radius 1 is 0.893 bits per heavy atom. The summed E-state index contributed by atoms with van der Waals surface area (Å²) in [6, 6.07) is 21.3. The van der Waals surface area contributed by atoms with E-state index in [1.165, 1.54) is 0 Å². The molecule has 0 atom stereocenters. The summed E-state index contributed by atoms with van der Waals surface area (Å²) in [6.45, 7) is 3.91. The molecular formula is C23H20N4O. The molecule has 0 unspecified atom stereocenters. The average molecular weight is 368 g/mol. The van der Waals surface area contributed by atoms with Crippen molar-refractivity contribution in [1.82, 2.24) is 9.97 Å². The number of aromatic nitrogens is 2. The maximum absolute atomic E-state index is 10.3. The van der Waals surface area contributed by atoms with Crippen molar-refractivity contribution in [3.05, 3.63) is 83.6 Å². The number of nitrogens with one attached hydrogen (secondary N) is 1. The minimum atomic E-state index is 0.185. The molecule has 1 heterocycles. The molecule has 5 heteroatoms. The van der Waals surface area contributed by atoms with Crippen LogP contribution in [0, 0.1) is 13.8 Å². The van der Waals surface area contributed by atoms with E-state index in [9.17, 15) is 5.11 Å². The monoisotopic (exact) mass is 368 g/mol. The number of phenolic OH excluding ortho intramolecular Hbond substituents is 1. The summed E-state index contributed by atoms with van der Waals surface area (Å²) in [5.41, 5.74) is 6.44. The molecule has 4 aromatic rings. The number of fused-ring (bicyclic) bond motifs is 1. The fourth-order valence-corrected chi connectivity index (χ4v) is 3.03. The summed E-state index contributed by atoms with van der Waals surface area (Å²) in [5.74, 6) is 1.47. The highest BCUT2D eigenvalue weighted by atomic mass is 16.3. The van der Waals surface area contributed by atoms with E-state index in [1.54, 1.807) is 12.3 Å². The molecule has 0 fully saturated rings. The number of phenols is 1. The number of nitrogens with zero attached hydrogens (tertiary/aromatic N) is 3. The summed E-state index contributed by atoms with van der Waals surface area (Å²) < 4.78 is 0. The van der Waals surface area contributed by atoms with E-state index < -0.39 is 0 Å². The van der Waals surface area contributed by atoms with Crippen molar-refractivity contribution in [3.8, 4) is 17.1 Å². The van der Waals surface area contributed by atoms with Crippen LogP contribution in [0.25, 0.3) is 22.2 Å². The lowest BCUT2D eigenvalue weighted by Crippen LogP contribution is -2.03. The predicted molar refractivity (Wildman–Crippen MR) is 114 cm³/mol. The summed E-state index contributed by atoms with van der Waals surface area (Å²) in [4.78, 5) is 9.20. The van der Waals surface area contributed by atoms with Crippen molar-refractivity contribution in [1.29, 1.82) is 0 Å². The van der Waals surface area contributed by atoms with Gasteiger partial charge in [0.25, 0.3) is 0 Å². The minimum Gasteiger partial charge on any atom is -0.507 e. The van der Waals surface area contributed by atoms with Crippen LogP contribution >= 0.6 is 0 Å². The molecule has 4 rings (SSSR count). The van der Waals surface area contributed by atoms with Crippen LogP contribution in [0.4, 0.5) is 5.82 Å². The largest absolute Gasteiger partial charge is 0.507 e. The maximum Gasteiger partial charge on any atom is 0.161 e. The molecule has 0 aliphatic rings. The van der Waals surface area contributed by atoms with Crippen LogP contribution in [0.2, 0.25) is 0 Å². The summed E-state index contributed by atoms with van der Waals surface area (Å²) in [5, 5.41) is 16.6. The Morgan fingerprint density at radius 3 is 2.46 bits per heavy atom. The highest BCUT2D eigenvalue weighted by Crippen LogP contribution is 2.26. The molecule has 0 spiro atoms. The van der Waals surface area contributed by atoms with Gasteiger partial charge in [-0.3, -0.25) is 5.43 Å². The van der Waals surface area contributed by atoms with Gasteiger partial charge in [-0.2, -0.15) is 5.10 Å². The maximum atomic E-state index is 10.3. The Hall–Kier alpha value is -3.73. The van der Waals surface area contributed by atoms with Crippen molar-refractivity contribution in [2.75, 3.05) is 5.43 Å². The number of benzene rings is 3. The zero-order valence-corrected chi connectivity index (χ0v) is 15.7. The first kappa shape index (κ1) is 17.7. The van der Waals surface area contributed by atoms with Gasteiger partial charge < -0.3 is 5.11 Å². The van der Waals surface area contributed by atoms with Gasteiger partial charge in [0.15, 0.2) is 11.6 Å². The van der Waals surface area contributed by atoms with Crippen molar-refractivity contribution in [2.45, 2.75) is 13.8 Å². The first-order chi connectivity index (χ1) is 13.6. The van der Waals surface area contributed by atoms with Gasteiger partial charge >= 0.3 is 0 Å². The van der Waals surface area contributed by atoms with Crippen LogP contribution in [0.5, 0.6) is 5.75 Å². The van der Waals surface area contributed by atoms with E-state index in [2.05, 4.69) is 20.5 Å². The number of hydrogen-bond donors (Lipinski definition) is 2. The average Bonchev–Trinajstić information content (AvgIpc) is 2.73. The Labute approximate surface area is 163 Å². The molecule has 0 bridgehead atoms. The van der Waals surface area contributed by atoms with Gasteiger partial charge in [-0.15, -0.1) is 0 Å². The third-order valence-electron chi connectivity index (χ3n) is 4.73. The number of rotatable bonds is 4. The van der Waals surface area contributed by atoms with E-state index in [-0.39, 0.29) is 5.75 Å². The summed E-state index contributed by atoms with van der Waals surface area (Å²) >= 11 is 0. The lowest BCUT2D eigenvalue weighted by atomic mass is 10.0. The Morgan fingerprint density at radius 2 is 1.64 bits per heavy atom. The molecule has 0 aliphatic carbocycles. The van der Waals surface area contributed by atoms with Crippen LogP contribution < -0.4 is 5.43 Å². The van der Waals surface area contributed by atoms with E-state index in [1.807, 2.05) is 74.5 Å². The van der Waals surface area contributed by atoms with Gasteiger partial charge in [0.05, 0.1) is 6.21 Å². The van der Waals surface area contributed by atoms with E-state index in [4.69, 9.17) is 0 Å². The molecule has 2 N–H and O–H groups in total. The molecular weight excluding hydrogens is 348 g/mol. The van der Waals surface area contributed by atoms with Crippen LogP contribution in [-0.2, 0) is 0 Å². The van der Waals surface area contributed by atoms with Gasteiger partial charge in [-0.05, 0) is 30.7 Å². The van der Waals surface area contributed by atoms with Gasteiger partial charge in [0, 0.05) is 22.4 Å². The number of hydrogen-bond acceptors (Lipinski definition) is 5. The molecule has 0 saturated heterocycles. The third kappa shape index (κ3) is 3.42. The van der Waals surface area contributed by atoms with Gasteiger partial charge in [0.1, 0.15) is 5.75 Å². The Kier molecular flexibility index (Phi) is 4.72. The molecule has 1 aromatic heterocycles. The molecule has 0 amide bonds. The molecule has 138 valence electrons. The van der Waals surface area contributed by atoms with Gasteiger partial charge in [-0.25, -0.2) is 9.97 Å². The lowest BCUT2D eigenvalue weighted by molar-refractivity contribution is 0.475. The minimum absolute atomic E-state index is 0.185. The van der Waals surface area contributed by atoms with Crippen LogP contribution in [-0.4, -0.2) is 21.3 Å². The number of aromatic hydroxyl groups is 1. The second kappa shape index (κ2) is 7.48. The van der Waals surface area contributed by atoms with E-state index >= 15 is 0 Å². The highest BCUT2D eigenvalue weighted by molar-refractivity contribution is 6.02. The SMILES string of the molecule is Cc1nc(-c2ccccc2)nc(N/N=C/c2c(O)ccc3ccccc23)c1C. The van der Waals surface area contributed by atoms with E-state index in [0.29, 0.717) is 17.2 Å². The molecule has 0 radical (unpaired) electrons. The second-order valence-electron chi connectivity index (χ2n) is 6.56. The molecule has 5 nitrogen and oxygen atoms in total. The zero-order chi connectivity index (χ0) is 19.5. The molecule has 3 aromatic carbocycles. The predicted octanol–water partition coefficient (Wildman–Crippen LogP) is 5.07. The van der Waals surface area contributed by atoms with E-state index in [0.717, 1.165) is 27.6 Å². The lowest BCUT2D eigenvalue weighted by Gasteiger charge is -2.10. The van der Waals surface area contributed by atoms with Crippen molar-refractivity contribution in [3.63, 3.8) is 0 Å². The fourth-order valence-electron chi connectivity index (χ4n) is 3.03. The fraction of sp³-hybridized carbons (Fsp3) is 0.0870. The normalized spacial score (nSPS) is 11.2. The Bertz CT molecular complexity index is 1170. The molecule has 28 heavy (non-hydrogen) atoms. The van der Waals surface area contributed by atoms with Crippen molar-refractivity contribution >= 4 is 22.8 Å². The zero-order valence-electron chi connectivity index (χ0n) is 15.7. The van der Waals surface area contributed by atoms with Crippen LogP contribution in [0.3, 0.4) is 0 Å². The molecule has 0 saturated carbocycles. The quantitative estimate of drug-likeness (QED) is 0.390. The summed E-state index contributed by atoms with van der Waals surface area (Å²) in [7, 11) is 0. The topological polar surface area (TPSA) is 70.4 Å². The van der Waals surface area contributed by atoms with Gasteiger partial charge in [-0.1, -0.05) is 60.7 Å². The molecule has 0 aliphatic heterocycles. The smallest absolute Gasteiger partial charge is 0.161 e. The Balaban J connectivity index is 1.67. The first-order valence-corrected chi connectivity index (χ1v) is 9.04. The standard InChI is InChI=1S/C23H20N4O/c1-15-16(2)25-23(18-9-4-3-5-10-18)26-22(15)27-24-14-20-19-11-7-6-8-17(19)12-13-21(20)28/h3-14,28H,1-2H3,(H,25,26,27)/b24-14+. The second-order valence-corrected chi connectivity index (χ2v) is 6.56. The number of aryl methyl sites for hydroxylation is 1. The van der Waals surface area contributed by atoms with Gasteiger partial charge in [0.2, 0.25) is 0 Å². The third-order valence-corrected chi connectivity index (χ3v) is 4.73.